The number of morpholine rings is 1. The molecular weight excluding hydrogens is 634 g/mol. The van der Waals surface area contributed by atoms with Crippen molar-refractivity contribution in [2.24, 2.45) is 17.2 Å². The molecule has 6 rings (SSSR count). The van der Waals surface area contributed by atoms with Crippen LogP contribution in [0.15, 0.2) is 66.9 Å². The lowest BCUT2D eigenvalue weighted by molar-refractivity contribution is -0.128. The fourth-order valence-electron chi connectivity index (χ4n) is 6.03. The second-order valence-electron chi connectivity index (χ2n) is 12.2. The van der Waals surface area contributed by atoms with Gasteiger partial charge >= 0.3 is 0 Å². The molecule has 1 saturated heterocycles. The number of imidazole rings is 1. The molecule has 0 aliphatic carbocycles. The van der Waals surface area contributed by atoms with Gasteiger partial charge in [-0.3, -0.25) is 14.4 Å². The van der Waals surface area contributed by atoms with Crippen LogP contribution in [0.4, 0.5) is 5.69 Å². The van der Waals surface area contributed by atoms with Gasteiger partial charge in [-0.2, -0.15) is 5.10 Å². The van der Waals surface area contributed by atoms with Crippen LogP contribution in [-0.4, -0.2) is 75.7 Å². The summed E-state index contributed by atoms with van der Waals surface area (Å²) in [5.41, 5.74) is 23.0. The van der Waals surface area contributed by atoms with Crippen molar-refractivity contribution in [3.8, 4) is 23.1 Å². The number of unbranched alkanes of at least 4 members (excludes halogenated alkanes) is 1. The number of benzene rings is 2. The van der Waals surface area contributed by atoms with E-state index in [-0.39, 0.29) is 0 Å². The van der Waals surface area contributed by atoms with E-state index in [1.807, 2.05) is 54.6 Å². The minimum atomic E-state index is -0.849. The van der Waals surface area contributed by atoms with E-state index in [0.717, 1.165) is 27.7 Å². The van der Waals surface area contributed by atoms with E-state index in [4.69, 9.17) is 37.0 Å². The summed E-state index contributed by atoms with van der Waals surface area (Å²) in [7, 11) is 0. The van der Waals surface area contributed by atoms with Gasteiger partial charge in [0.05, 0.1) is 36.7 Å². The predicted molar refractivity (Wildman–Crippen MR) is 190 cm³/mol. The minimum Gasteiger partial charge on any atom is -0.378 e. The Kier molecular flexibility index (Phi) is 10.3. The van der Waals surface area contributed by atoms with Gasteiger partial charge in [-0.25, -0.2) is 14.5 Å². The van der Waals surface area contributed by atoms with Crippen LogP contribution in [0.2, 0.25) is 0 Å². The molecule has 2 aromatic carbocycles. The number of nitrogens with zero attached hydrogens (tertiary/aromatic N) is 5. The normalized spacial score (nSPS) is 14.2. The van der Waals surface area contributed by atoms with E-state index in [1.165, 1.54) is 6.92 Å². The Morgan fingerprint density at radius 1 is 0.980 bits per heavy atom. The van der Waals surface area contributed by atoms with Gasteiger partial charge < -0.3 is 32.2 Å². The van der Waals surface area contributed by atoms with Gasteiger partial charge in [0.15, 0.2) is 5.65 Å². The van der Waals surface area contributed by atoms with Crippen LogP contribution in [0.3, 0.4) is 0 Å². The lowest BCUT2D eigenvalue weighted by Crippen LogP contribution is -2.49. The Hall–Kier alpha value is -5.84. The average Bonchev–Trinajstić information content (AvgIpc) is 3.50. The maximum atomic E-state index is 12.5. The quantitative estimate of drug-likeness (QED) is 0.120. The monoisotopic (exact) mass is 673 g/mol. The van der Waals surface area contributed by atoms with Crippen molar-refractivity contribution >= 4 is 40.0 Å². The maximum Gasteiger partial charge on any atom is 0.248 e. The van der Waals surface area contributed by atoms with E-state index in [0.29, 0.717) is 80.3 Å². The van der Waals surface area contributed by atoms with Crippen molar-refractivity contribution in [2.75, 3.05) is 31.2 Å². The average molecular weight is 674 g/mol. The third kappa shape index (κ3) is 7.57. The summed E-state index contributed by atoms with van der Waals surface area (Å²) in [4.78, 5) is 48.5. The molecule has 0 saturated carbocycles. The molecule has 1 aliphatic rings. The van der Waals surface area contributed by atoms with Crippen LogP contribution < -0.4 is 27.4 Å². The topological polar surface area (TPSA) is 197 Å². The van der Waals surface area contributed by atoms with Gasteiger partial charge in [-0.15, -0.1) is 0 Å². The highest BCUT2D eigenvalue weighted by atomic mass is 16.5. The zero-order chi connectivity index (χ0) is 35.2. The van der Waals surface area contributed by atoms with Crippen molar-refractivity contribution in [3.63, 3.8) is 0 Å². The number of hydrogen-bond donors (Lipinski definition) is 4. The number of nitrogens with one attached hydrogen (secondary N) is 1. The number of aryl methyl sites for hydroxylation is 1. The molecule has 1 aliphatic heterocycles. The molecule has 13 nitrogen and oxygen atoms in total. The van der Waals surface area contributed by atoms with E-state index in [2.05, 4.69) is 22.1 Å². The smallest absolute Gasteiger partial charge is 0.248 e. The number of hydrogen-bond acceptors (Lipinski definition) is 9. The zero-order valence-corrected chi connectivity index (χ0v) is 27.8. The number of nitrogens with two attached hydrogens (primary N) is 3. The molecule has 0 radical (unpaired) electrons. The summed E-state index contributed by atoms with van der Waals surface area (Å²) in [5.74, 6) is 4.82. The van der Waals surface area contributed by atoms with Crippen LogP contribution in [0.1, 0.15) is 53.5 Å². The van der Waals surface area contributed by atoms with Crippen LogP contribution in [0.25, 0.3) is 27.8 Å². The van der Waals surface area contributed by atoms with E-state index in [9.17, 15) is 14.4 Å². The molecule has 2 atom stereocenters. The third-order valence-electron chi connectivity index (χ3n) is 8.66. The van der Waals surface area contributed by atoms with E-state index >= 15 is 0 Å². The third-order valence-corrected chi connectivity index (χ3v) is 8.66. The summed E-state index contributed by atoms with van der Waals surface area (Å²) in [6.07, 6.45) is 3.68. The molecule has 5 aromatic rings. The highest BCUT2D eigenvalue weighted by Crippen LogP contribution is 2.31. The number of para-hydroxylation sites is 1. The summed E-state index contributed by atoms with van der Waals surface area (Å²) in [5, 5.41) is 8.32. The Balaban J connectivity index is 1.36. The zero-order valence-electron chi connectivity index (χ0n) is 27.8. The van der Waals surface area contributed by atoms with Crippen molar-refractivity contribution in [3.05, 3.63) is 89.4 Å². The fourth-order valence-corrected chi connectivity index (χ4v) is 6.03. The largest absolute Gasteiger partial charge is 0.378 e. The number of pyridine rings is 1. The van der Waals surface area contributed by atoms with Crippen LogP contribution in [-0.2, 0) is 20.7 Å². The van der Waals surface area contributed by atoms with Crippen molar-refractivity contribution in [1.82, 2.24) is 24.9 Å². The molecule has 3 amide bonds. The first-order valence-corrected chi connectivity index (χ1v) is 16.6. The van der Waals surface area contributed by atoms with Crippen LogP contribution in [0, 0.1) is 11.8 Å². The maximum absolute atomic E-state index is 12.5. The van der Waals surface area contributed by atoms with Gasteiger partial charge in [0.25, 0.3) is 0 Å². The van der Waals surface area contributed by atoms with Crippen molar-refractivity contribution in [1.29, 1.82) is 0 Å². The van der Waals surface area contributed by atoms with Gasteiger partial charge in [-0.05, 0) is 73.9 Å². The second-order valence-corrected chi connectivity index (χ2v) is 12.2. The number of aromatic nitrogens is 4. The Morgan fingerprint density at radius 2 is 1.78 bits per heavy atom. The van der Waals surface area contributed by atoms with Crippen LogP contribution in [0.5, 0.6) is 0 Å². The molecule has 0 bridgehead atoms. The Morgan fingerprint density at radius 3 is 2.54 bits per heavy atom. The van der Waals surface area contributed by atoms with Crippen LogP contribution >= 0.6 is 0 Å². The summed E-state index contributed by atoms with van der Waals surface area (Å²) in [6, 6.07) is 17.5. The molecule has 0 spiro atoms. The first-order chi connectivity index (χ1) is 24.2. The highest BCUT2D eigenvalue weighted by molar-refractivity contribution is 5.95. The summed E-state index contributed by atoms with van der Waals surface area (Å²) >= 11 is 0. The Labute approximate surface area is 289 Å². The fraction of sp³-hybridized carbons (Fsp3) is 0.297. The molecular formula is C37H39N9O4. The van der Waals surface area contributed by atoms with E-state index in [1.54, 1.807) is 16.8 Å². The number of ether oxygens (including phenoxy) is 1. The molecule has 4 heterocycles. The highest BCUT2D eigenvalue weighted by Gasteiger charge is 2.23. The first kappa shape index (κ1) is 34.0. The number of fused-ring (bicyclic) bond motifs is 2. The predicted octanol–water partition coefficient (Wildman–Crippen LogP) is 2.31. The SMILES string of the molecule is C[C@H](N)C(=O)N[C@@H](CCCCc1cc(-c2c(C#Cc3ccc4ccccc4n3)nc3c(N4CCOCC4)ccnn23)ccc1C(N)=O)C(N)=O. The summed E-state index contributed by atoms with van der Waals surface area (Å²) < 4.78 is 7.37. The molecule has 3 aromatic heterocycles. The molecule has 50 heavy (non-hydrogen) atoms. The molecule has 0 unspecified atom stereocenters. The summed E-state index contributed by atoms with van der Waals surface area (Å²) in [6.45, 7) is 4.18. The molecule has 13 heteroatoms. The van der Waals surface area contributed by atoms with Gasteiger partial charge in [0.2, 0.25) is 17.7 Å². The van der Waals surface area contributed by atoms with Crippen molar-refractivity contribution in [2.45, 2.75) is 44.7 Å². The van der Waals surface area contributed by atoms with E-state index < -0.39 is 29.8 Å². The number of amides is 3. The Bertz CT molecular complexity index is 2130. The number of carbonyl (C=O) groups is 3. The van der Waals surface area contributed by atoms with Gasteiger partial charge in [0, 0.05) is 29.6 Å². The molecule has 256 valence electrons. The number of primary amides is 2. The first-order valence-electron chi connectivity index (χ1n) is 16.6. The standard InChI is InChI=1S/C37H39N9O4/c1-23(38)37(49)44-31(35(40)48)9-5-3-7-25-22-26(11-14-28(25)34(39)47)33-30(15-13-27-12-10-24-6-2-4-8-29(24)42-27)43-36-32(16-17-41-46(33)36)45-18-20-50-21-19-45/h2,4,6,8,10-12,14,16-17,22-23,31H,3,5,7,9,18-21,38H2,1H3,(H2,39,47)(H2,40,48)(H,44,49)/t23-,31-/m0/s1. The minimum absolute atomic E-state index is 0.323. The molecule has 7 N–H and O–H groups in total. The lowest BCUT2D eigenvalue weighted by Gasteiger charge is -2.28. The van der Waals surface area contributed by atoms with Gasteiger partial charge in [0.1, 0.15) is 23.1 Å². The van der Waals surface area contributed by atoms with Gasteiger partial charge in [-0.1, -0.05) is 36.8 Å². The number of anilines is 1. The van der Waals surface area contributed by atoms with Crippen molar-refractivity contribution < 1.29 is 19.1 Å². The molecule has 1 fully saturated rings. The second kappa shape index (κ2) is 15.1. The number of carbonyl (C=O) groups excluding carboxylic acids is 3. The lowest BCUT2D eigenvalue weighted by atomic mass is 9.96. The number of rotatable bonds is 11.